The van der Waals surface area contributed by atoms with E-state index >= 15 is 0 Å². The number of piperidine rings is 1. The number of hydrogen-bond donors (Lipinski definition) is 3. The molecule has 5 nitrogen and oxygen atoms in total. The fourth-order valence-electron chi connectivity index (χ4n) is 2.69. The third-order valence-corrected chi connectivity index (χ3v) is 4.88. The van der Waals surface area contributed by atoms with Crippen LogP contribution in [0.1, 0.15) is 18.5 Å². The molecule has 1 aliphatic heterocycles. The van der Waals surface area contributed by atoms with E-state index in [2.05, 4.69) is 26.0 Å². The number of hydrogen-bond acceptors (Lipinski definition) is 6. The summed E-state index contributed by atoms with van der Waals surface area (Å²) in [5.41, 5.74) is 1.61. The summed E-state index contributed by atoms with van der Waals surface area (Å²) in [6.45, 7) is 3.17. The van der Waals surface area contributed by atoms with E-state index in [1.165, 1.54) is 0 Å². The van der Waals surface area contributed by atoms with Crippen molar-refractivity contribution in [3.8, 4) is 10.6 Å². The molecule has 0 spiro atoms. The molecule has 3 N–H and O–H groups in total. The van der Waals surface area contributed by atoms with Crippen molar-refractivity contribution in [1.82, 2.24) is 20.6 Å². The first-order valence-corrected chi connectivity index (χ1v) is 8.62. The van der Waals surface area contributed by atoms with Gasteiger partial charge in [-0.3, -0.25) is 4.98 Å². The molecule has 0 aromatic carbocycles. The van der Waals surface area contributed by atoms with Gasteiger partial charge in [0.15, 0.2) is 0 Å². The van der Waals surface area contributed by atoms with E-state index in [0.29, 0.717) is 13.1 Å². The maximum absolute atomic E-state index is 10.4. The zero-order valence-electron chi connectivity index (χ0n) is 12.6. The van der Waals surface area contributed by atoms with Crippen LogP contribution in [0.2, 0.25) is 0 Å². The number of aromatic nitrogens is 2. The number of β-amino-alcohol motifs (C(OH)–C–C–N with tert-alkyl or cyclic N) is 1. The van der Waals surface area contributed by atoms with Crippen molar-refractivity contribution in [2.75, 3.05) is 26.2 Å². The smallest absolute Gasteiger partial charge is 0.123 e. The van der Waals surface area contributed by atoms with Gasteiger partial charge in [0, 0.05) is 49.4 Å². The van der Waals surface area contributed by atoms with Crippen LogP contribution >= 0.6 is 11.3 Å². The fourth-order valence-corrected chi connectivity index (χ4v) is 3.55. The second-order valence-corrected chi connectivity index (χ2v) is 6.67. The number of pyridine rings is 1. The van der Waals surface area contributed by atoms with Crippen molar-refractivity contribution in [1.29, 1.82) is 0 Å². The third kappa shape index (κ3) is 4.10. The summed E-state index contributed by atoms with van der Waals surface area (Å²) < 4.78 is 0. The zero-order chi connectivity index (χ0) is 15.3. The average molecular weight is 318 g/mol. The van der Waals surface area contributed by atoms with Gasteiger partial charge in [-0.2, -0.15) is 0 Å². The molecule has 1 atom stereocenters. The number of nitrogens with zero attached hydrogens (tertiary/aromatic N) is 2. The Morgan fingerprint density at radius 2 is 2.23 bits per heavy atom. The van der Waals surface area contributed by atoms with E-state index in [0.717, 1.165) is 48.6 Å². The summed E-state index contributed by atoms with van der Waals surface area (Å²) >= 11 is 1.66. The molecule has 3 heterocycles. The highest BCUT2D eigenvalue weighted by atomic mass is 32.1. The van der Waals surface area contributed by atoms with Crippen LogP contribution in [0.25, 0.3) is 10.6 Å². The molecule has 0 radical (unpaired) electrons. The second-order valence-electron chi connectivity index (χ2n) is 5.81. The Kier molecular flexibility index (Phi) is 5.15. The predicted octanol–water partition coefficient (Wildman–Crippen LogP) is 1.45. The molecule has 22 heavy (non-hydrogen) atoms. The van der Waals surface area contributed by atoms with E-state index < -0.39 is 5.60 Å². The minimum Gasteiger partial charge on any atom is -0.387 e. The van der Waals surface area contributed by atoms with Gasteiger partial charge in [-0.15, -0.1) is 11.3 Å². The van der Waals surface area contributed by atoms with Gasteiger partial charge in [0.05, 0.1) is 11.3 Å². The Morgan fingerprint density at radius 1 is 1.36 bits per heavy atom. The lowest BCUT2D eigenvalue weighted by Gasteiger charge is -2.32. The molecule has 1 fully saturated rings. The molecule has 1 aliphatic rings. The quantitative estimate of drug-likeness (QED) is 0.703. The van der Waals surface area contributed by atoms with Crippen molar-refractivity contribution < 1.29 is 5.11 Å². The van der Waals surface area contributed by atoms with E-state index in [1.54, 1.807) is 23.7 Å². The van der Waals surface area contributed by atoms with Gasteiger partial charge in [0.25, 0.3) is 0 Å². The van der Waals surface area contributed by atoms with Gasteiger partial charge < -0.3 is 15.7 Å². The van der Waals surface area contributed by atoms with Gasteiger partial charge >= 0.3 is 0 Å². The topological polar surface area (TPSA) is 70.1 Å². The summed E-state index contributed by atoms with van der Waals surface area (Å²) in [5.74, 6) is 0. The lowest BCUT2D eigenvalue weighted by atomic mass is 9.94. The minimum atomic E-state index is -0.595. The zero-order valence-corrected chi connectivity index (χ0v) is 13.4. The largest absolute Gasteiger partial charge is 0.387 e. The van der Waals surface area contributed by atoms with Crippen molar-refractivity contribution >= 4 is 11.3 Å². The molecule has 3 rings (SSSR count). The first-order valence-electron chi connectivity index (χ1n) is 7.74. The van der Waals surface area contributed by atoms with Crippen LogP contribution in [0.3, 0.4) is 0 Å². The van der Waals surface area contributed by atoms with E-state index in [1.807, 2.05) is 12.1 Å². The molecule has 2 aromatic rings. The Bertz CT molecular complexity index is 581. The highest BCUT2D eigenvalue weighted by Gasteiger charge is 2.28. The van der Waals surface area contributed by atoms with Gasteiger partial charge in [0.2, 0.25) is 0 Å². The van der Waals surface area contributed by atoms with Gasteiger partial charge in [-0.25, -0.2) is 4.98 Å². The Balaban J connectivity index is 1.45. The fraction of sp³-hybridized carbons (Fsp3) is 0.500. The minimum absolute atomic E-state index is 0.595. The van der Waals surface area contributed by atoms with Crippen LogP contribution < -0.4 is 10.6 Å². The molecule has 0 bridgehead atoms. The van der Waals surface area contributed by atoms with Crippen LogP contribution in [0.15, 0.2) is 29.9 Å². The lowest BCUT2D eigenvalue weighted by molar-refractivity contribution is 0.0174. The van der Waals surface area contributed by atoms with Gasteiger partial charge in [-0.1, -0.05) is 0 Å². The predicted molar refractivity (Wildman–Crippen MR) is 89.0 cm³/mol. The van der Waals surface area contributed by atoms with E-state index in [-0.39, 0.29) is 0 Å². The van der Waals surface area contributed by atoms with Crippen molar-refractivity contribution in [2.45, 2.75) is 24.9 Å². The normalized spacial score (nSPS) is 21.9. The van der Waals surface area contributed by atoms with Crippen molar-refractivity contribution in [3.63, 3.8) is 0 Å². The van der Waals surface area contributed by atoms with Crippen molar-refractivity contribution in [3.05, 3.63) is 35.6 Å². The number of rotatable bonds is 6. The molecule has 6 heteroatoms. The monoisotopic (exact) mass is 318 g/mol. The Labute approximate surface area is 134 Å². The summed E-state index contributed by atoms with van der Waals surface area (Å²) in [7, 11) is 0. The Hall–Kier alpha value is -1.34. The van der Waals surface area contributed by atoms with Gasteiger partial charge in [0.1, 0.15) is 5.01 Å². The van der Waals surface area contributed by atoms with Gasteiger partial charge in [-0.05, 0) is 31.5 Å². The summed E-state index contributed by atoms with van der Waals surface area (Å²) in [6, 6.07) is 3.96. The van der Waals surface area contributed by atoms with Crippen LogP contribution in [0.5, 0.6) is 0 Å². The first-order chi connectivity index (χ1) is 10.8. The van der Waals surface area contributed by atoms with Crippen molar-refractivity contribution in [2.24, 2.45) is 0 Å². The maximum atomic E-state index is 10.4. The molecular weight excluding hydrogens is 296 g/mol. The maximum Gasteiger partial charge on any atom is 0.123 e. The third-order valence-electron chi connectivity index (χ3n) is 3.94. The Morgan fingerprint density at radius 3 is 3.00 bits per heavy atom. The highest BCUT2D eigenvalue weighted by Crippen LogP contribution is 2.22. The molecule has 0 saturated carbocycles. The molecule has 2 aromatic heterocycles. The SMILES string of the molecule is O[C@@]1(CNCCc2csc(-c3ccncc3)n2)CCCNC1. The average Bonchev–Trinajstić information content (AvgIpc) is 3.02. The standard InChI is InChI=1S/C16H22N4OS/c21-16(5-1-6-18-11-16)12-19-9-4-14-10-22-15(20-14)13-2-7-17-8-3-13/h2-3,7-8,10,18-19,21H,1,4-6,9,11-12H2/t16-/m0/s1. The molecule has 1 saturated heterocycles. The second kappa shape index (κ2) is 7.28. The molecular formula is C16H22N4OS. The molecule has 118 valence electrons. The lowest BCUT2D eigenvalue weighted by Crippen LogP contribution is -2.52. The van der Waals surface area contributed by atoms with Crippen LogP contribution in [0, 0.1) is 0 Å². The van der Waals surface area contributed by atoms with E-state index in [9.17, 15) is 5.11 Å². The van der Waals surface area contributed by atoms with E-state index in [4.69, 9.17) is 0 Å². The molecule has 0 aliphatic carbocycles. The first kappa shape index (κ1) is 15.6. The summed E-state index contributed by atoms with van der Waals surface area (Å²) in [4.78, 5) is 8.69. The van der Waals surface area contributed by atoms with Crippen LogP contribution in [-0.4, -0.2) is 46.9 Å². The summed E-state index contributed by atoms with van der Waals surface area (Å²) in [5, 5.41) is 20.1. The summed E-state index contributed by atoms with van der Waals surface area (Å²) in [6.07, 6.45) is 6.37. The van der Waals surface area contributed by atoms with Crippen LogP contribution in [0.4, 0.5) is 0 Å². The number of aliphatic hydroxyl groups is 1. The number of nitrogens with one attached hydrogen (secondary N) is 2. The number of thiazole rings is 1. The molecule has 0 unspecified atom stereocenters. The van der Waals surface area contributed by atoms with Crippen LogP contribution in [-0.2, 0) is 6.42 Å². The molecule has 0 amide bonds. The highest BCUT2D eigenvalue weighted by molar-refractivity contribution is 7.13.